The maximum atomic E-state index is 14.1. The van der Waals surface area contributed by atoms with Crippen LogP contribution in [0.25, 0.3) is 5.57 Å². The molecule has 1 unspecified atom stereocenters. The van der Waals surface area contributed by atoms with Crippen molar-refractivity contribution < 1.29 is 30.7 Å². The average molecular weight is 443 g/mol. The fourth-order valence-electron chi connectivity index (χ4n) is 2.86. The van der Waals surface area contributed by atoms with E-state index < -0.39 is 33.0 Å². The normalized spacial score (nSPS) is 17.2. The molecular formula is C19H13F4NO3S2. The Kier molecular flexibility index (Phi) is 5.61. The molecule has 2 aromatic rings. The molecule has 0 spiro atoms. The lowest BCUT2D eigenvalue weighted by molar-refractivity contribution is -0.274. The van der Waals surface area contributed by atoms with Gasteiger partial charge in [-0.1, -0.05) is 42.6 Å². The number of sulfonamides is 1. The van der Waals surface area contributed by atoms with Crippen LogP contribution in [0.5, 0.6) is 5.75 Å². The zero-order chi connectivity index (χ0) is 21.4. The third kappa shape index (κ3) is 5.08. The molecule has 3 rings (SSSR count). The third-order valence-electron chi connectivity index (χ3n) is 4.10. The number of halogens is 4. The van der Waals surface area contributed by atoms with Gasteiger partial charge in [-0.3, -0.25) is 0 Å². The lowest BCUT2D eigenvalue weighted by atomic mass is 9.88. The summed E-state index contributed by atoms with van der Waals surface area (Å²) in [6.07, 6.45) is 0.0591. The van der Waals surface area contributed by atoms with Gasteiger partial charge >= 0.3 is 6.36 Å². The minimum absolute atomic E-state index is 0.360. The first-order valence-corrected chi connectivity index (χ1v) is 10.0. The number of ether oxygens (including phenoxy) is 1. The largest absolute Gasteiger partial charge is 0.573 e. The van der Waals surface area contributed by atoms with Crippen LogP contribution in [0.4, 0.5) is 17.6 Å². The van der Waals surface area contributed by atoms with Crippen LogP contribution in [0.3, 0.4) is 0 Å². The molecule has 0 saturated heterocycles. The van der Waals surface area contributed by atoms with Crippen molar-refractivity contribution in [1.82, 2.24) is 0 Å². The molecule has 2 N–H and O–H groups in total. The topological polar surface area (TPSA) is 69.4 Å². The molecule has 1 atom stereocenters. The Labute approximate surface area is 169 Å². The van der Waals surface area contributed by atoms with Gasteiger partial charge in [0.2, 0.25) is 10.0 Å². The van der Waals surface area contributed by atoms with Crippen molar-refractivity contribution in [3.05, 3.63) is 77.6 Å². The van der Waals surface area contributed by atoms with Crippen LogP contribution in [-0.4, -0.2) is 19.6 Å². The van der Waals surface area contributed by atoms with Crippen LogP contribution < -0.4 is 9.88 Å². The van der Waals surface area contributed by atoms with Gasteiger partial charge in [0.25, 0.3) is 0 Å². The predicted molar refractivity (Wildman–Crippen MR) is 103 cm³/mol. The first-order chi connectivity index (χ1) is 13.4. The van der Waals surface area contributed by atoms with Crippen molar-refractivity contribution in [2.75, 3.05) is 0 Å². The second-order valence-electron chi connectivity index (χ2n) is 6.15. The quantitative estimate of drug-likeness (QED) is 0.559. The van der Waals surface area contributed by atoms with Crippen molar-refractivity contribution in [1.29, 1.82) is 0 Å². The first-order valence-electron chi connectivity index (χ1n) is 8.06. The minimum Gasteiger partial charge on any atom is -0.406 e. The Morgan fingerprint density at radius 2 is 1.83 bits per heavy atom. The third-order valence-corrected chi connectivity index (χ3v) is 5.41. The van der Waals surface area contributed by atoms with E-state index in [1.165, 1.54) is 24.3 Å². The highest BCUT2D eigenvalue weighted by atomic mass is 32.2. The van der Waals surface area contributed by atoms with E-state index in [0.717, 1.165) is 12.1 Å². The molecule has 4 nitrogen and oxygen atoms in total. The number of primary sulfonamides is 1. The van der Waals surface area contributed by atoms with Crippen LogP contribution in [0, 0.1) is 5.82 Å². The summed E-state index contributed by atoms with van der Waals surface area (Å²) in [7, 11) is -4.18. The van der Waals surface area contributed by atoms with Gasteiger partial charge in [-0.2, -0.15) is 0 Å². The van der Waals surface area contributed by atoms with E-state index >= 15 is 0 Å². The lowest BCUT2D eigenvalue weighted by Gasteiger charge is -2.19. The standard InChI is InChI=1S/C19H13F4NO3S2/c20-16-9-11(5-7-18(16)29(24,25)26)12-4-6-15(17(28)10-12)13-2-1-3-14(8-13)27-19(21,22)23/h1-10,15H,(H2,24,25,26). The fourth-order valence-corrected chi connectivity index (χ4v) is 3.79. The molecule has 0 saturated carbocycles. The van der Waals surface area contributed by atoms with Gasteiger partial charge < -0.3 is 4.74 Å². The van der Waals surface area contributed by atoms with E-state index in [4.69, 9.17) is 17.4 Å². The van der Waals surface area contributed by atoms with Crippen molar-refractivity contribution in [3.8, 4) is 5.75 Å². The molecule has 1 aliphatic rings. The summed E-state index contributed by atoms with van der Waals surface area (Å²) in [5.74, 6) is -1.83. The molecule has 0 heterocycles. The Morgan fingerprint density at radius 3 is 2.41 bits per heavy atom. The summed E-state index contributed by atoms with van der Waals surface area (Å²) in [4.78, 5) is -0.230. The van der Waals surface area contributed by atoms with E-state index in [-0.39, 0.29) is 5.75 Å². The fraction of sp³-hybridized carbons (Fsp3) is 0.105. The molecular weight excluding hydrogens is 430 g/mol. The first kappa shape index (κ1) is 21.2. The van der Waals surface area contributed by atoms with E-state index in [1.54, 1.807) is 24.3 Å². The van der Waals surface area contributed by atoms with Gasteiger partial charge in [-0.15, -0.1) is 13.2 Å². The zero-order valence-corrected chi connectivity index (χ0v) is 16.1. The number of allylic oxidation sites excluding steroid dienone is 4. The maximum absolute atomic E-state index is 14.1. The number of hydrogen-bond acceptors (Lipinski definition) is 4. The highest BCUT2D eigenvalue weighted by Crippen LogP contribution is 2.32. The number of hydrogen-bond donors (Lipinski definition) is 1. The van der Waals surface area contributed by atoms with Crippen LogP contribution in [0.15, 0.2) is 65.6 Å². The Morgan fingerprint density at radius 1 is 1.10 bits per heavy atom. The van der Waals surface area contributed by atoms with E-state index in [1.807, 2.05) is 0 Å². The van der Waals surface area contributed by atoms with Crippen LogP contribution >= 0.6 is 12.2 Å². The monoisotopic (exact) mass is 443 g/mol. The predicted octanol–water partition coefficient (Wildman–Crippen LogP) is 4.48. The summed E-state index contributed by atoms with van der Waals surface area (Å²) in [6.45, 7) is 0. The Bertz CT molecular complexity index is 1140. The van der Waals surface area contributed by atoms with Crippen LogP contribution in [-0.2, 0) is 10.0 Å². The van der Waals surface area contributed by atoms with Gasteiger partial charge in [0.05, 0.1) is 0 Å². The molecule has 10 heteroatoms. The molecule has 0 fully saturated rings. The highest BCUT2D eigenvalue weighted by Gasteiger charge is 2.31. The molecule has 1 aliphatic carbocycles. The number of rotatable bonds is 4. The number of thiocarbonyl (C=S) groups is 1. The van der Waals surface area contributed by atoms with Crippen molar-refractivity contribution in [3.63, 3.8) is 0 Å². The van der Waals surface area contributed by atoms with Crippen LogP contribution in [0.2, 0.25) is 0 Å². The van der Waals surface area contributed by atoms with Gasteiger partial charge in [-0.05, 0) is 47.0 Å². The SMILES string of the molecule is NS(=O)(=O)c1ccc(C2=CC(=S)C(c3cccc(OC(F)(F)F)c3)C=C2)cc1F. The van der Waals surface area contributed by atoms with Crippen LogP contribution in [0.1, 0.15) is 17.0 Å². The van der Waals surface area contributed by atoms with Crippen molar-refractivity contribution >= 4 is 32.7 Å². The molecule has 2 aromatic carbocycles. The molecule has 0 amide bonds. The van der Waals surface area contributed by atoms with Crippen molar-refractivity contribution in [2.45, 2.75) is 17.2 Å². The van der Waals surface area contributed by atoms with E-state index in [9.17, 15) is 26.0 Å². The summed E-state index contributed by atoms with van der Waals surface area (Å²) in [5, 5.41) is 4.94. The van der Waals surface area contributed by atoms with Gasteiger partial charge in [0.15, 0.2) is 0 Å². The molecule has 0 radical (unpaired) electrons. The van der Waals surface area contributed by atoms with Crippen molar-refractivity contribution in [2.24, 2.45) is 5.14 Å². The van der Waals surface area contributed by atoms with E-state index in [2.05, 4.69) is 4.74 Å². The van der Waals surface area contributed by atoms with Gasteiger partial charge in [0.1, 0.15) is 16.5 Å². The molecule has 0 bridgehead atoms. The smallest absolute Gasteiger partial charge is 0.406 e. The minimum atomic E-state index is -4.80. The molecule has 0 aromatic heterocycles. The maximum Gasteiger partial charge on any atom is 0.573 e. The second-order valence-corrected chi connectivity index (χ2v) is 8.15. The second kappa shape index (κ2) is 7.69. The number of nitrogens with two attached hydrogens (primary N) is 1. The summed E-state index contributed by atoms with van der Waals surface area (Å²) < 4.78 is 77.9. The Balaban J connectivity index is 1.86. The summed E-state index contributed by atoms with van der Waals surface area (Å²) in [6, 6.07) is 8.94. The summed E-state index contributed by atoms with van der Waals surface area (Å²) >= 11 is 5.36. The number of benzene rings is 2. The van der Waals surface area contributed by atoms with Gasteiger partial charge in [-0.25, -0.2) is 17.9 Å². The highest BCUT2D eigenvalue weighted by molar-refractivity contribution is 7.89. The molecule has 29 heavy (non-hydrogen) atoms. The molecule has 0 aliphatic heterocycles. The molecule has 152 valence electrons. The number of alkyl halides is 3. The van der Waals surface area contributed by atoms with Gasteiger partial charge in [0, 0.05) is 10.8 Å². The van der Waals surface area contributed by atoms with E-state index in [0.29, 0.717) is 21.6 Å². The zero-order valence-electron chi connectivity index (χ0n) is 14.5. The summed E-state index contributed by atoms with van der Waals surface area (Å²) in [5.41, 5.74) is 1.40. The lowest BCUT2D eigenvalue weighted by Crippen LogP contribution is -2.17. The Hall–Kier alpha value is -2.56. The average Bonchev–Trinajstić information content (AvgIpc) is 2.59.